The smallest absolute Gasteiger partial charge is 0.0610 e. The van der Waals surface area contributed by atoms with Crippen LogP contribution in [0.25, 0.3) is 10.9 Å². The van der Waals surface area contributed by atoms with Crippen molar-refractivity contribution in [3.63, 3.8) is 0 Å². The number of likely N-dealkylation sites (tertiary alicyclic amines) is 1. The van der Waals surface area contributed by atoms with Crippen molar-refractivity contribution in [3.8, 4) is 0 Å². The van der Waals surface area contributed by atoms with Crippen molar-refractivity contribution in [2.24, 2.45) is 0 Å². The molecule has 2 aromatic carbocycles. The van der Waals surface area contributed by atoms with E-state index >= 15 is 0 Å². The van der Waals surface area contributed by atoms with E-state index in [0.29, 0.717) is 12.5 Å². The number of nitrogens with zero attached hydrogens (tertiary/aromatic N) is 2. The Hall–Kier alpha value is -1.23. The van der Waals surface area contributed by atoms with Gasteiger partial charge in [0.2, 0.25) is 0 Å². The van der Waals surface area contributed by atoms with Crippen LogP contribution in [0.15, 0.2) is 42.5 Å². The lowest BCUT2D eigenvalue weighted by atomic mass is 9.89. The van der Waals surface area contributed by atoms with E-state index in [-0.39, 0.29) is 19.0 Å². The topological polar surface area (TPSA) is 28.4 Å². The minimum Gasteiger partial charge on any atom is -0.395 e. The highest BCUT2D eigenvalue weighted by atomic mass is 35.5. The lowest BCUT2D eigenvalue weighted by Gasteiger charge is -2.33. The molecule has 0 saturated carbocycles. The lowest BCUT2D eigenvalue weighted by molar-refractivity contribution is 0.204. The number of benzene rings is 2. The molecule has 1 saturated heterocycles. The zero-order chi connectivity index (χ0) is 19.7. The zero-order valence-corrected chi connectivity index (χ0v) is 18.9. The monoisotopic (exact) mass is 452 g/mol. The Kier molecular flexibility index (Phi) is 7.53. The second kappa shape index (κ2) is 9.72. The molecule has 3 aromatic rings. The Bertz CT molecular complexity index is 957. The first kappa shape index (κ1) is 22.5. The number of aliphatic hydroxyl groups excluding tert-OH is 1. The molecule has 29 heavy (non-hydrogen) atoms. The molecule has 0 amide bonds. The van der Waals surface area contributed by atoms with Gasteiger partial charge < -0.3 is 9.67 Å². The van der Waals surface area contributed by atoms with Gasteiger partial charge in [-0.2, -0.15) is 0 Å². The van der Waals surface area contributed by atoms with Gasteiger partial charge in [-0.25, -0.2) is 0 Å². The van der Waals surface area contributed by atoms with Gasteiger partial charge in [0.1, 0.15) is 0 Å². The maximum atomic E-state index is 9.46. The van der Waals surface area contributed by atoms with Crippen LogP contribution in [0.5, 0.6) is 0 Å². The zero-order valence-electron chi connectivity index (χ0n) is 16.6. The summed E-state index contributed by atoms with van der Waals surface area (Å²) in [6, 6.07) is 14.3. The highest BCUT2D eigenvalue weighted by Crippen LogP contribution is 2.38. The van der Waals surface area contributed by atoms with Gasteiger partial charge in [0.25, 0.3) is 0 Å². The molecule has 1 aliphatic rings. The number of hydrogen-bond donors (Lipinski definition) is 1. The number of para-hydroxylation sites is 1. The fraction of sp³-hybridized carbons (Fsp3) is 0.391. The predicted octanol–water partition coefficient (Wildman–Crippen LogP) is 6.05. The SMILES string of the molecule is Cc1c(CN2CCC(c3c(Cl)cccc3Cl)CC2)c2ccccc2n1CCO.Cl. The number of hydrogen-bond acceptors (Lipinski definition) is 2. The third kappa shape index (κ3) is 4.45. The molecule has 4 rings (SSSR count). The van der Waals surface area contributed by atoms with Crippen molar-refractivity contribution in [2.75, 3.05) is 19.7 Å². The first-order valence-corrected chi connectivity index (χ1v) is 10.7. The molecular formula is C23H27Cl3N2O. The molecule has 1 aromatic heterocycles. The lowest BCUT2D eigenvalue weighted by Crippen LogP contribution is -2.32. The first-order valence-electron chi connectivity index (χ1n) is 9.94. The van der Waals surface area contributed by atoms with E-state index in [4.69, 9.17) is 23.2 Å². The van der Waals surface area contributed by atoms with Gasteiger partial charge in [-0.05, 0) is 68.1 Å². The fourth-order valence-corrected chi connectivity index (χ4v) is 5.30. The van der Waals surface area contributed by atoms with E-state index in [0.717, 1.165) is 48.1 Å². The summed E-state index contributed by atoms with van der Waals surface area (Å²) in [4.78, 5) is 2.53. The third-order valence-electron chi connectivity index (χ3n) is 6.06. The molecule has 0 atom stereocenters. The molecule has 0 aliphatic carbocycles. The van der Waals surface area contributed by atoms with Crippen LogP contribution in [0.3, 0.4) is 0 Å². The molecule has 0 unspecified atom stereocenters. The molecule has 0 spiro atoms. The number of aliphatic hydroxyl groups is 1. The Morgan fingerprint density at radius 3 is 2.31 bits per heavy atom. The minimum absolute atomic E-state index is 0. The third-order valence-corrected chi connectivity index (χ3v) is 6.72. The summed E-state index contributed by atoms with van der Waals surface area (Å²) in [5.74, 6) is 0.425. The Labute approximate surface area is 188 Å². The molecule has 1 N–H and O–H groups in total. The van der Waals surface area contributed by atoms with Crippen molar-refractivity contribution in [1.82, 2.24) is 9.47 Å². The molecule has 6 heteroatoms. The largest absolute Gasteiger partial charge is 0.395 e. The van der Waals surface area contributed by atoms with Gasteiger partial charge in [-0.15, -0.1) is 12.4 Å². The molecule has 0 radical (unpaired) electrons. The quantitative estimate of drug-likeness (QED) is 0.509. The Balaban J connectivity index is 0.00000240. The average molecular weight is 454 g/mol. The van der Waals surface area contributed by atoms with Crippen LogP contribution in [-0.2, 0) is 13.1 Å². The van der Waals surface area contributed by atoms with E-state index in [1.165, 1.54) is 22.2 Å². The number of aromatic nitrogens is 1. The van der Waals surface area contributed by atoms with Crippen molar-refractivity contribution < 1.29 is 5.11 Å². The number of halogens is 3. The maximum absolute atomic E-state index is 9.46. The van der Waals surface area contributed by atoms with Crippen LogP contribution < -0.4 is 0 Å². The van der Waals surface area contributed by atoms with Crippen LogP contribution in [0.4, 0.5) is 0 Å². The number of rotatable bonds is 5. The number of fused-ring (bicyclic) bond motifs is 1. The van der Waals surface area contributed by atoms with Crippen LogP contribution >= 0.6 is 35.6 Å². The summed E-state index contributed by atoms with van der Waals surface area (Å²) in [5, 5.41) is 12.3. The average Bonchev–Trinajstić information content (AvgIpc) is 2.95. The molecule has 3 nitrogen and oxygen atoms in total. The van der Waals surface area contributed by atoms with Crippen molar-refractivity contribution in [2.45, 2.75) is 38.8 Å². The number of piperidine rings is 1. The second-order valence-electron chi connectivity index (χ2n) is 7.64. The van der Waals surface area contributed by atoms with Crippen molar-refractivity contribution >= 4 is 46.5 Å². The van der Waals surface area contributed by atoms with Crippen LogP contribution in [0.1, 0.15) is 35.6 Å². The first-order chi connectivity index (χ1) is 13.6. The van der Waals surface area contributed by atoms with Gasteiger partial charge in [0.15, 0.2) is 0 Å². The summed E-state index contributed by atoms with van der Waals surface area (Å²) in [7, 11) is 0. The summed E-state index contributed by atoms with van der Waals surface area (Å²) in [5.41, 5.74) is 4.95. The van der Waals surface area contributed by atoms with Gasteiger partial charge in [0.05, 0.1) is 6.61 Å². The van der Waals surface area contributed by atoms with Gasteiger partial charge in [-0.1, -0.05) is 47.5 Å². The predicted molar refractivity (Wildman–Crippen MR) is 125 cm³/mol. The van der Waals surface area contributed by atoms with Crippen molar-refractivity contribution in [1.29, 1.82) is 0 Å². The summed E-state index contributed by atoms with van der Waals surface area (Å²) < 4.78 is 2.24. The molecular weight excluding hydrogens is 427 g/mol. The maximum Gasteiger partial charge on any atom is 0.0610 e. The molecule has 2 heterocycles. The molecule has 0 bridgehead atoms. The molecule has 1 fully saturated rings. The van der Waals surface area contributed by atoms with E-state index in [1.54, 1.807) is 0 Å². The van der Waals surface area contributed by atoms with Gasteiger partial charge >= 0.3 is 0 Å². The highest BCUT2D eigenvalue weighted by molar-refractivity contribution is 6.36. The fourth-order valence-electron chi connectivity index (χ4n) is 4.59. The summed E-state index contributed by atoms with van der Waals surface area (Å²) in [6.07, 6.45) is 2.13. The van der Waals surface area contributed by atoms with E-state index in [1.807, 2.05) is 18.2 Å². The van der Waals surface area contributed by atoms with Gasteiger partial charge in [-0.3, -0.25) is 4.90 Å². The summed E-state index contributed by atoms with van der Waals surface area (Å²) >= 11 is 12.9. The minimum atomic E-state index is 0. The van der Waals surface area contributed by atoms with Crippen LogP contribution in [0.2, 0.25) is 10.0 Å². The summed E-state index contributed by atoms with van der Waals surface area (Å²) in [6.45, 7) is 5.97. The Morgan fingerprint density at radius 2 is 1.66 bits per heavy atom. The molecule has 1 aliphatic heterocycles. The van der Waals surface area contributed by atoms with Crippen LogP contribution in [0, 0.1) is 6.92 Å². The normalized spacial score (nSPS) is 15.6. The second-order valence-corrected chi connectivity index (χ2v) is 8.46. The highest BCUT2D eigenvalue weighted by Gasteiger charge is 2.25. The standard InChI is InChI=1S/C23H26Cl2N2O.ClH/c1-16-19(18-5-2-3-8-22(18)27(16)13-14-28)15-26-11-9-17(10-12-26)23-20(24)6-4-7-21(23)25;/h2-8,17,28H,9-15H2,1H3;1H. The van der Waals surface area contributed by atoms with Crippen molar-refractivity contribution in [3.05, 3.63) is 69.3 Å². The molecule has 156 valence electrons. The van der Waals surface area contributed by atoms with E-state index < -0.39 is 0 Å². The van der Waals surface area contributed by atoms with E-state index in [2.05, 4.69) is 40.7 Å². The van der Waals surface area contributed by atoms with Crippen LogP contribution in [-0.4, -0.2) is 34.3 Å². The Morgan fingerprint density at radius 1 is 1.00 bits per heavy atom. The van der Waals surface area contributed by atoms with Gasteiger partial charge in [0, 0.05) is 39.7 Å². The van der Waals surface area contributed by atoms with E-state index in [9.17, 15) is 5.11 Å².